The number of fused-ring (bicyclic) bond motifs is 1. The van der Waals surface area contributed by atoms with Gasteiger partial charge in [-0.05, 0) is 84.0 Å². The molecule has 6 nitrogen and oxygen atoms in total. The second-order valence-electron chi connectivity index (χ2n) is 11.6. The van der Waals surface area contributed by atoms with Crippen molar-refractivity contribution in [2.75, 3.05) is 6.54 Å². The van der Waals surface area contributed by atoms with Crippen molar-refractivity contribution in [1.29, 1.82) is 0 Å². The van der Waals surface area contributed by atoms with E-state index in [9.17, 15) is 4.79 Å². The van der Waals surface area contributed by atoms with E-state index in [-0.39, 0.29) is 23.4 Å². The molecule has 2 heterocycles. The van der Waals surface area contributed by atoms with Crippen molar-refractivity contribution in [1.82, 2.24) is 4.90 Å². The highest BCUT2D eigenvalue weighted by atomic mass is 16.7. The van der Waals surface area contributed by atoms with Gasteiger partial charge in [0.15, 0.2) is 0 Å². The summed E-state index contributed by atoms with van der Waals surface area (Å²) >= 11 is 0. The molecule has 0 aromatic heterocycles. The number of aryl methyl sites for hydroxylation is 1. The van der Waals surface area contributed by atoms with Gasteiger partial charge in [-0.25, -0.2) is 4.79 Å². The highest BCUT2D eigenvalue weighted by Gasteiger charge is 2.51. The van der Waals surface area contributed by atoms with E-state index in [0.29, 0.717) is 13.1 Å². The molecule has 2 aromatic rings. The topological polar surface area (TPSA) is 57.2 Å². The molecule has 7 heteroatoms. The second kappa shape index (κ2) is 9.51. The summed E-state index contributed by atoms with van der Waals surface area (Å²) in [6, 6.07) is 16.1. The summed E-state index contributed by atoms with van der Waals surface area (Å²) < 4.78 is 24.5. The van der Waals surface area contributed by atoms with Gasteiger partial charge in [-0.15, -0.1) is 0 Å². The number of nitrogens with zero attached hydrogens (tertiary/aromatic N) is 1. The summed E-state index contributed by atoms with van der Waals surface area (Å²) in [4.78, 5) is 14.7. The predicted octanol–water partition coefficient (Wildman–Crippen LogP) is 5.12. The normalized spacial score (nSPS) is 20.7. The molecule has 0 radical (unpaired) electrons. The molecule has 2 aliphatic heterocycles. The van der Waals surface area contributed by atoms with E-state index in [4.69, 9.17) is 18.8 Å². The molecule has 0 N–H and O–H groups in total. The molecule has 1 fully saturated rings. The lowest BCUT2D eigenvalue weighted by Gasteiger charge is -2.33. The number of benzene rings is 2. The van der Waals surface area contributed by atoms with Crippen molar-refractivity contribution in [2.24, 2.45) is 0 Å². The fourth-order valence-corrected chi connectivity index (χ4v) is 4.30. The molecule has 4 rings (SSSR count). The van der Waals surface area contributed by atoms with Gasteiger partial charge in [0.2, 0.25) is 0 Å². The molecule has 0 spiro atoms. The molecule has 2 aliphatic rings. The van der Waals surface area contributed by atoms with Crippen molar-refractivity contribution in [3.05, 3.63) is 59.7 Å². The maximum Gasteiger partial charge on any atom is 0.494 e. The highest BCUT2D eigenvalue weighted by molar-refractivity contribution is 6.62. The Balaban J connectivity index is 1.46. The van der Waals surface area contributed by atoms with Crippen LogP contribution in [-0.2, 0) is 27.0 Å². The summed E-state index contributed by atoms with van der Waals surface area (Å²) in [5, 5.41) is 0. The summed E-state index contributed by atoms with van der Waals surface area (Å²) in [5.74, 6) is 0.852. The number of carbonyl (C=O) groups is 1. The van der Waals surface area contributed by atoms with Gasteiger partial charge >= 0.3 is 13.2 Å². The van der Waals surface area contributed by atoms with Gasteiger partial charge in [0.25, 0.3) is 0 Å². The Morgan fingerprint density at radius 1 is 1.06 bits per heavy atom. The zero-order valence-corrected chi connectivity index (χ0v) is 22.1. The van der Waals surface area contributed by atoms with E-state index in [1.165, 1.54) is 0 Å². The lowest BCUT2D eigenvalue weighted by atomic mass is 9.77. The first-order chi connectivity index (χ1) is 16.3. The van der Waals surface area contributed by atoms with Gasteiger partial charge in [-0.2, -0.15) is 0 Å². The minimum atomic E-state index is -0.560. The summed E-state index contributed by atoms with van der Waals surface area (Å²) in [7, 11) is -0.392. The second-order valence-corrected chi connectivity index (χ2v) is 11.6. The van der Waals surface area contributed by atoms with Crippen molar-refractivity contribution in [3.8, 4) is 5.75 Å². The Bertz CT molecular complexity index is 1030. The Morgan fingerprint density at radius 3 is 2.34 bits per heavy atom. The predicted molar refractivity (Wildman–Crippen MR) is 138 cm³/mol. The van der Waals surface area contributed by atoms with Crippen LogP contribution in [0.15, 0.2) is 48.5 Å². The molecule has 0 bridgehead atoms. The molecule has 1 saturated heterocycles. The Hall–Kier alpha value is -2.51. The van der Waals surface area contributed by atoms with Gasteiger partial charge in [0, 0.05) is 6.54 Å². The Kier molecular flexibility index (Phi) is 6.95. The van der Waals surface area contributed by atoms with Crippen LogP contribution in [0.3, 0.4) is 0 Å². The van der Waals surface area contributed by atoms with Crippen LogP contribution in [-0.4, -0.2) is 47.6 Å². The summed E-state index contributed by atoms with van der Waals surface area (Å²) in [6.07, 6.45) is 1.24. The monoisotopic (exact) mass is 479 g/mol. The third-order valence-electron chi connectivity index (χ3n) is 6.93. The van der Waals surface area contributed by atoms with E-state index >= 15 is 0 Å². The molecule has 35 heavy (non-hydrogen) atoms. The molecular formula is C28H38BNO5. The number of rotatable bonds is 5. The zero-order chi connectivity index (χ0) is 25.4. The highest BCUT2D eigenvalue weighted by Crippen LogP contribution is 2.37. The number of amides is 1. The van der Waals surface area contributed by atoms with E-state index in [2.05, 4.69) is 33.8 Å². The van der Waals surface area contributed by atoms with Gasteiger partial charge < -0.3 is 23.7 Å². The van der Waals surface area contributed by atoms with Crippen LogP contribution in [0.25, 0.3) is 0 Å². The Labute approximate surface area is 210 Å². The molecule has 188 valence electrons. The molecule has 0 aliphatic carbocycles. The number of carbonyl (C=O) groups excluding carboxylic acids is 1. The Morgan fingerprint density at radius 2 is 1.71 bits per heavy atom. The SMILES string of the molecule is CC(C)(C)OC(=O)N(Cc1ccccc1)CC1CCc2cc(B3OC(C)(C)C(C)(C)O3)ccc2O1. The maximum absolute atomic E-state index is 13.0. The molecule has 1 unspecified atom stereocenters. The number of hydrogen-bond acceptors (Lipinski definition) is 5. The fraction of sp³-hybridized carbons (Fsp3) is 0.536. The third-order valence-corrected chi connectivity index (χ3v) is 6.93. The lowest BCUT2D eigenvalue weighted by Crippen LogP contribution is -2.43. The number of hydrogen-bond donors (Lipinski definition) is 0. The largest absolute Gasteiger partial charge is 0.494 e. The lowest BCUT2D eigenvalue weighted by molar-refractivity contribution is 0.00578. The van der Waals surface area contributed by atoms with Crippen LogP contribution >= 0.6 is 0 Å². The quantitative estimate of drug-likeness (QED) is 0.558. The van der Waals surface area contributed by atoms with Crippen molar-refractivity contribution < 1.29 is 23.6 Å². The van der Waals surface area contributed by atoms with E-state index in [0.717, 1.165) is 35.2 Å². The minimum absolute atomic E-state index is 0.110. The van der Waals surface area contributed by atoms with E-state index in [1.54, 1.807) is 4.90 Å². The standard InChI is InChI=1S/C28H38BNO5/c1-26(2,3)33-25(31)30(18-20-11-9-8-10-12-20)19-23-15-13-21-17-22(14-16-24(21)32-23)29-34-27(4,5)28(6,7)35-29/h8-12,14,16-17,23H,13,15,18-19H2,1-7H3. The van der Waals surface area contributed by atoms with Crippen molar-refractivity contribution in [2.45, 2.75) is 90.8 Å². The zero-order valence-electron chi connectivity index (χ0n) is 22.1. The first-order valence-electron chi connectivity index (χ1n) is 12.5. The number of ether oxygens (including phenoxy) is 2. The van der Waals surface area contributed by atoms with E-state index < -0.39 is 12.7 Å². The molecule has 1 amide bonds. The average Bonchev–Trinajstić information content (AvgIpc) is 2.99. The van der Waals surface area contributed by atoms with Crippen molar-refractivity contribution in [3.63, 3.8) is 0 Å². The average molecular weight is 479 g/mol. The van der Waals surface area contributed by atoms with Crippen LogP contribution in [0, 0.1) is 0 Å². The summed E-state index contributed by atoms with van der Waals surface area (Å²) in [6.45, 7) is 14.8. The molecule has 0 saturated carbocycles. The minimum Gasteiger partial charge on any atom is -0.488 e. The van der Waals surface area contributed by atoms with Gasteiger partial charge in [0.05, 0.1) is 17.7 Å². The van der Waals surface area contributed by atoms with Gasteiger partial charge in [-0.1, -0.05) is 42.5 Å². The van der Waals surface area contributed by atoms with E-state index in [1.807, 2.05) is 63.2 Å². The maximum atomic E-state index is 13.0. The van der Waals surface area contributed by atoms with Crippen molar-refractivity contribution >= 4 is 18.7 Å². The fourth-order valence-electron chi connectivity index (χ4n) is 4.30. The van der Waals surface area contributed by atoms with Crippen LogP contribution in [0.1, 0.15) is 66.0 Å². The molecule has 1 atom stereocenters. The molecule has 2 aromatic carbocycles. The van der Waals surface area contributed by atoms with Crippen LogP contribution in [0.5, 0.6) is 5.75 Å². The first kappa shape index (κ1) is 25.6. The molecular weight excluding hydrogens is 441 g/mol. The van der Waals surface area contributed by atoms with Gasteiger partial charge in [0.1, 0.15) is 17.5 Å². The van der Waals surface area contributed by atoms with Gasteiger partial charge in [-0.3, -0.25) is 0 Å². The van der Waals surface area contributed by atoms with Crippen LogP contribution in [0.2, 0.25) is 0 Å². The van der Waals surface area contributed by atoms with Crippen LogP contribution < -0.4 is 10.2 Å². The first-order valence-corrected chi connectivity index (χ1v) is 12.5. The third kappa shape index (κ3) is 6.01. The van der Waals surface area contributed by atoms with Crippen LogP contribution in [0.4, 0.5) is 4.79 Å². The summed E-state index contributed by atoms with van der Waals surface area (Å²) in [5.41, 5.74) is 1.89. The smallest absolute Gasteiger partial charge is 0.488 e.